The zero-order chi connectivity index (χ0) is 26.3. The predicted molar refractivity (Wildman–Crippen MR) is 149 cm³/mol. The molecule has 1 aliphatic rings. The van der Waals surface area contributed by atoms with Gasteiger partial charge in [-0.2, -0.15) is 0 Å². The molecule has 0 saturated carbocycles. The first-order valence-electron chi connectivity index (χ1n) is 14.5. The van der Waals surface area contributed by atoms with Gasteiger partial charge in [-0.3, -0.25) is 9.59 Å². The van der Waals surface area contributed by atoms with E-state index in [0.29, 0.717) is 18.0 Å². The largest absolute Gasteiger partial charge is 0.494 e. The Balaban J connectivity index is 1.19. The second-order valence-electron chi connectivity index (χ2n) is 10.3. The number of fused-ring (bicyclic) bond motifs is 1. The third-order valence-electron chi connectivity index (χ3n) is 7.21. The minimum atomic E-state index is -0.528. The summed E-state index contributed by atoms with van der Waals surface area (Å²) in [7, 11) is 0. The molecule has 1 aliphatic heterocycles. The molecule has 2 amide bonds. The van der Waals surface area contributed by atoms with E-state index >= 15 is 0 Å². The van der Waals surface area contributed by atoms with E-state index in [2.05, 4.69) is 6.92 Å². The van der Waals surface area contributed by atoms with Crippen molar-refractivity contribution in [3.63, 3.8) is 0 Å². The van der Waals surface area contributed by atoms with Crippen LogP contribution in [0.2, 0.25) is 0 Å². The number of nitrogens with zero attached hydrogens (tertiary/aromatic N) is 1. The van der Waals surface area contributed by atoms with Crippen LogP contribution in [0.15, 0.2) is 42.5 Å². The number of carbonyl (C=O) groups is 2. The second-order valence-corrected chi connectivity index (χ2v) is 10.3. The van der Waals surface area contributed by atoms with Crippen LogP contribution in [0, 0.1) is 5.82 Å². The Hall–Kier alpha value is -2.69. The summed E-state index contributed by atoms with van der Waals surface area (Å²) in [6.45, 7) is 2.93. The van der Waals surface area contributed by atoms with E-state index in [4.69, 9.17) is 4.74 Å². The number of anilines is 1. The second kappa shape index (κ2) is 16.2. The maximum absolute atomic E-state index is 13.5. The number of carbonyl (C=O) groups excluding carboxylic acids is 2. The molecule has 4 nitrogen and oxygen atoms in total. The molecular formula is C32H44FNO3. The zero-order valence-electron chi connectivity index (χ0n) is 22.6. The van der Waals surface area contributed by atoms with Crippen molar-refractivity contribution in [2.75, 3.05) is 11.5 Å². The fraction of sp³-hybridized carbons (Fsp3) is 0.562. The number of halogens is 1. The third-order valence-corrected chi connectivity index (χ3v) is 7.21. The van der Waals surface area contributed by atoms with Crippen LogP contribution in [-0.2, 0) is 0 Å². The number of hydrogen-bond acceptors (Lipinski definition) is 3. The van der Waals surface area contributed by atoms with Gasteiger partial charge >= 0.3 is 0 Å². The van der Waals surface area contributed by atoms with Crippen LogP contribution in [0.5, 0.6) is 5.75 Å². The van der Waals surface area contributed by atoms with Crippen molar-refractivity contribution in [3.05, 3.63) is 59.4 Å². The van der Waals surface area contributed by atoms with E-state index < -0.39 is 17.6 Å². The highest BCUT2D eigenvalue weighted by Gasteiger charge is 2.36. The number of unbranched alkanes of at least 4 members (excludes halogenated alkanes) is 15. The summed E-state index contributed by atoms with van der Waals surface area (Å²) in [6, 6.07) is 10.6. The van der Waals surface area contributed by atoms with Crippen molar-refractivity contribution in [3.8, 4) is 5.75 Å². The van der Waals surface area contributed by atoms with E-state index in [1.165, 1.54) is 108 Å². The zero-order valence-corrected chi connectivity index (χ0v) is 22.6. The molecule has 0 N–H and O–H groups in total. The van der Waals surface area contributed by atoms with Crippen molar-refractivity contribution in [2.24, 2.45) is 0 Å². The lowest BCUT2D eigenvalue weighted by atomic mass is 10.0. The average molecular weight is 510 g/mol. The van der Waals surface area contributed by atoms with Gasteiger partial charge in [0.15, 0.2) is 0 Å². The minimum Gasteiger partial charge on any atom is -0.494 e. The SMILES string of the molecule is CCCCCCCCCCCCCCCCCCOc1ccc(N2C(=O)c3ccc(F)cc3C2=O)cc1. The standard InChI is InChI=1S/C32H44FNO3/c1-2-3-4-5-6-7-8-9-10-11-12-13-14-15-16-17-24-37-28-21-19-27(20-22-28)34-31(35)29-23-18-26(33)25-30(29)32(34)36/h18-23,25H,2-17,24H2,1H3. The highest BCUT2D eigenvalue weighted by molar-refractivity contribution is 6.34. The summed E-state index contributed by atoms with van der Waals surface area (Å²) in [4.78, 5) is 26.3. The van der Waals surface area contributed by atoms with Crippen LogP contribution in [-0.4, -0.2) is 18.4 Å². The van der Waals surface area contributed by atoms with Gasteiger partial charge in [0.1, 0.15) is 11.6 Å². The molecule has 0 fully saturated rings. The molecule has 0 saturated heterocycles. The Labute approximate surface area is 222 Å². The average Bonchev–Trinajstić information content (AvgIpc) is 3.15. The fourth-order valence-corrected chi connectivity index (χ4v) is 4.98. The number of imide groups is 1. The molecular weight excluding hydrogens is 465 g/mol. The van der Waals surface area contributed by atoms with Gasteiger partial charge in [-0.1, -0.05) is 103 Å². The van der Waals surface area contributed by atoms with Gasteiger partial charge in [0.2, 0.25) is 0 Å². The van der Waals surface area contributed by atoms with Gasteiger partial charge in [-0.05, 0) is 48.9 Å². The molecule has 0 spiro atoms. The number of hydrogen-bond donors (Lipinski definition) is 0. The Morgan fingerprint density at radius 2 is 1.11 bits per heavy atom. The first-order chi connectivity index (χ1) is 18.1. The van der Waals surface area contributed by atoms with Crippen LogP contribution in [0.4, 0.5) is 10.1 Å². The number of benzene rings is 2. The van der Waals surface area contributed by atoms with Gasteiger partial charge in [0, 0.05) is 0 Å². The van der Waals surface area contributed by atoms with Gasteiger partial charge < -0.3 is 4.74 Å². The Morgan fingerprint density at radius 3 is 1.65 bits per heavy atom. The fourth-order valence-electron chi connectivity index (χ4n) is 4.98. The lowest BCUT2D eigenvalue weighted by Crippen LogP contribution is -2.29. The summed E-state index contributed by atoms with van der Waals surface area (Å²) in [6.07, 6.45) is 21.5. The normalized spacial score (nSPS) is 12.9. The van der Waals surface area contributed by atoms with Gasteiger partial charge in [0.25, 0.3) is 11.8 Å². The van der Waals surface area contributed by atoms with Crippen molar-refractivity contribution in [2.45, 2.75) is 110 Å². The first kappa shape index (κ1) is 28.9. The molecule has 0 bridgehead atoms. The van der Waals surface area contributed by atoms with E-state index in [1.54, 1.807) is 24.3 Å². The Bertz CT molecular complexity index is 972. The molecule has 2 aromatic rings. The minimum absolute atomic E-state index is 0.105. The summed E-state index contributed by atoms with van der Waals surface area (Å²) in [5, 5.41) is 0. The van der Waals surface area contributed by atoms with Gasteiger partial charge in [-0.15, -0.1) is 0 Å². The molecule has 0 aromatic heterocycles. The number of ether oxygens (including phenoxy) is 1. The van der Waals surface area contributed by atoms with E-state index in [1.807, 2.05) is 0 Å². The van der Waals surface area contributed by atoms with Crippen molar-refractivity contribution >= 4 is 17.5 Å². The maximum atomic E-state index is 13.5. The van der Waals surface area contributed by atoms with Gasteiger partial charge in [0.05, 0.1) is 23.4 Å². The highest BCUT2D eigenvalue weighted by Crippen LogP contribution is 2.30. The third kappa shape index (κ3) is 9.28. The first-order valence-corrected chi connectivity index (χ1v) is 14.5. The summed E-state index contributed by atoms with van der Waals surface area (Å²) >= 11 is 0. The Morgan fingerprint density at radius 1 is 0.622 bits per heavy atom. The summed E-state index contributed by atoms with van der Waals surface area (Å²) < 4.78 is 19.3. The molecule has 5 heteroatoms. The summed E-state index contributed by atoms with van der Waals surface area (Å²) in [5.74, 6) is -0.741. The molecule has 0 atom stereocenters. The molecule has 1 heterocycles. The maximum Gasteiger partial charge on any atom is 0.266 e. The Kier molecular flexibility index (Phi) is 12.7. The topological polar surface area (TPSA) is 46.6 Å². The van der Waals surface area contributed by atoms with E-state index in [9.17, 15) is 14.0 Å². The molecule has 37 heavy (non-hydrogen) atoms. The molecule has 0 radical (unpaired) electrons. The molecule has 202 valence electrons. The van der Waals surface area contributed by atoms with Crippen LogP contribution in [0.1, 0.15) is 130 Å². The summed E-state index contributed by atoms with van der Waals surface area (Å²) in [5.41, 5.74) is 0.797. The number of rotatable bonds is 19. The van der Waals surface area contributed by atoms with Crippen LogP contribution >= 0.6 is 0 Å². The van der Waals surface area contributed by atoms with Crippen LogP contribution in [0.25, 0.3) is 0 Å². The van der Waals surface area contributed by atoms with Crippen molar-refractivity contribution < 1.29 is 18.7 Å². The van der Waals surface area contributed by atoms with Crippen LogP contribution < -0.4 is 9.64 Å². The predicted octanol–water partition coefficient (Wildman–Crippen LogP) is 9.27. The molecule has 0 unspecified atom stereocenters. The smallest absolute Gasteiger partial charge is 0.266 e. The quantitative estimate of drug-likeness (QED) is 0.140. The van der Waals surface area contributed by atoms with Gasteiger partial charge in [-0.25, -0.2) is 9.29 Å². The van der Waals surface area contributed by atoms with Crippen molar-refractivity contribution in [1.82, 2.24) is 0 Å². The lowest BCUT2D eigenvalue weighted by Gasteiger charge is -2.14. The van der Waals surface area contributed by atoms with E-state index in [-0.39, 0.29) is 11.1 Å². The van der Waals surface area contributed by atoms with Crippen molar-refractivity contribution in [1.29, 1.82) is 0 Å². The lowest BCUT2D eigenvalue weighted by molar-refractivity contribution is 0.0926. The molecule has 0 aliphatic carbocycles. The molecule has 3 rings (SSSR count). The molecule has 2 aromatic carbocycles. The monoisotopic (exact) mass is 509 g/mol. The van der Waals surface area contributed by atoms with Crippen LogP contribution in [0.3, 0.4) is 0 Å². The van der Waals surface area contributed by atoms with E-state index in [0.717, 1.165) is 17.4 Å². The highest BCUT2D eigenvalue weighted by atomic mass is 19.1. The number of amides is 2.